The molecule has 1 aromatic carbocycles. The average molecular weight is 548 g/mol. The standard InChI is InChI=1S/C21H25Cl3N6O3S/c1-13-11-29(6-7-30(13)21(32)26-14-3-4-15(22)16(23)9-14)18-10-17(24)27-20(28-18)34-12-19(31)25-5-8-33-2/h3-4,9-10,13H,5-8,11-12H2,1-2H3,(H,25,31)(H,26,32). The van der Waals surface area contributed by atoms with Crippen molar-refractivity contribution in [3.05, 3.63) is 39.5 Å². The lowest BCUT2D eigenvalue weighted by Gasteiger charge is -2.40. The van der Waals surface area contributed by atoms with Gasteiger partial charge in [-0.1, -0.05) is 46.6 Å². The monoisotopic (exact) mass is 546 g/mol. The number of nitrogens with zero attached hydrogens (tertiary/aromatic N) is 4. The molecule has 1 fully saturated rings. The first-order valence-electron chi connectivity index (χ1n) is 10.5. The minimum Gasteiger partial charge on any atom is -0.383 e. The molecule has 1 saturated heterocycles. The maximum Gasteiger partial charge on any atom is 0.322 e. The number of thioether (sulfide) groups is 1. The molecule has 2 aromatic rings. The maximum absolute atomic E-state index is 12.8. The van der Waals surface area contributed by atoms with Crippen LogP contribution in [0, 0.1) is 0 Å². The van der Waals surface area contributed by atoms with E-state index in [4.69, 9.17) is 39.5 Å². The Morgan fingerprint density at radius 2 is 1.97 bits per heavy atom. The largest absolute Gasteiger partial charge is 0.383 e. The van der Waals surface area contributed by atoms with Gasteiger partial charge in [0.15, 0.2) is 5.16 Å². The molecule has 1 aromatic heterocycles. The minimum atomic E-state index is -0.220. The molecule has 184 valence electrons. The van der Waals surface area contributed by atoms with E-state index in [9.17, 15) is 9.59 Å². The normalized spacial score (nSPS) is 15.9. The fourth-order valence-electron chi connectivity index (χ4n) is 3.32. The SMILES string of the molecule is COCCNC(=O)CSc1nc(Cl)cc(N2CCN(C(=O)Nc3ccc(Cl)c(Cl)c3)C(C)C2)n1. The van der Waals surface area contributed by atoms with Crippen molar-refractivity contribution in [2.24, 2.45) is 0 Å². The third-order valence-corrected chi connectivity index (χ3v) is 6.78. The van der Waals surface area contributed by atoms with Crippen LogP contribution in [0.25, 0.3) is 0 Å². The van der Waals surface area contributed by atoms with Crippen LogP contribution in [0.1, 0.15) is 6.92 Å². The van der Waals surface area contributed by atoms with Gasteiger partial charge in [-0.2, -0.15) is 0 Å². The van der Waals surface area contributed by atoms with Gasteiger partial charge in [0.1, 0.15) is 11.0 Å². The van der Waals surface area contributed by atoms with Gasteiger partial charge in [-0.05, 0) is 25.1 Å². The first kappa shape index (κ1) is 26.6. The van der Waals surface area contributed by atoms with E-state index in [-0.39, 0.29) is 23.7 Å². The second kappa shape index (κ2) is 12.6. The number of ether oxygens (including phenoxy) is 1. The highest BCUT2D eigenvalue weighted by atomic mass is 35.5. The maximum atomic E-state index is 12.8. The Balaban J connectivity index is 1.58. The van der Waals surface area contributed by atoms with Crippen molar-refractivity contribution in [1.29, 1.82) is 0 Å². The lowest BCUT2D eigenvalue weighted by molar-refractivity contribution is -0.118. The molecule has 1 aliphatic rings. The lowest BCUT2D eigenvalue weighted by Crippen LogP contribution is -2.55. The second-order valence-corrected chi connectivity index (χ2v) is 9.65. The number of benzene rings is 1. The van der Waals surface area contributed by atoms with Gasteiger partial charge in [0.2, 0.25) is 5.91 Å². The van der Waals surface area contributed by atoms with Gasteiger partial charge in [-0.3, -0.25) is 4.79 Å². The summed E-state index contributed by atoms with van der Waals surface area (Å²) in [7, 11) is 1.57. The summed E-state index contributed by atoms with van der Waals surface area (Å²) in [5.41, 5.74) is 0.574. The average Bonchev–Trinajstić information content (AvgIpc) is 2.80. The number of methoxy groups -OCH3 is 1. The van der Waals surface area contributed by atoms with Crippen LogP contribution in [-0.4, -0.2) is 78.5 Å². The number of urea groups is 1. The van der Waals surface area contributed by atoms with Crippen molar-refractivity contribution < 1.29 is 14.3 Å². The minimum absolute atomic E-state index is 0.0899. The molecule has 1 unspecified atom stereocenters. The molecule has 1 aliphatic heterocycles. The van der Waals surface area contributed by atoms with Gasteiger partial charge < -0.3 is 25.2 Å². The highest BCUT2D eigenvalue weighted by Crippen LogP contribution is 2.26. The number of hydrogen-bond acceptors (Lipinski definition) is 7. The molecule has 2 heterocycles. The van der Waals surface area contributed by atoms with Crippen LogP contribution in [0.2, 0.25) is 15.2 Å². The van der Waals surface area contributed by atoms with Crippen molar-refractivity contribution >= 4 is 70.0 Å². The van der Waals surface area contributed by atoms with Crippen LogP contribution in [0.4, 0.5) is 16.3 Å². The van der Waals surface area contributed by atoms with E-state index in [0.717, 1.165) is 0 Å². The Bertz CT molecular complexity index is 1030. The quantitative estimate of drug-likeness (QED) is 0.223. The summed E-state index contributed by atoms with van der Waals surface area (Å²) in [6.07, 6.45) is 0. The summed E-state index contributed by atoms with van der Waals surface area (Å²) < 4.78 is 4.92. The molecule has 3 amide bonds. The Hall–Kier alpha value is -1.98. The van der Waals surface area contributed by atoms with Crippen LogP contribution < -0.4 is 15.5 Å². The number of halogens is 3. The molecule has 0 radical (unpaired) electrons. The van der Waals surface area contributed by atoms with E-state index < -0.39 is 0 Å². The van der Waals surface area contributed by atoms with Crippen LogP contribution in [0.3, 0.4) is 0 Å². The zero-order chi connectivity index (χ0) is 24.7. The van der Waals surface area contributed by atoms with Crippen LogP contribution in [0.5, 0.6) is 0 Å². The number of amides is 3. The van der Waals surface area contributed by atoms with E-state index in [1.165, 1.54) is 11.8 Å². The summed E-state index contributed by atoms with van der Waals surface area (Å²) in [5, 5.41) is 7.11. The van der Waals surface area contributed by atoms with E-state index in [0.29, 0.717) is 64.6 Å². The Morgan fingerprint density at radius 1 is 1.18 bits per heavy atom. The molecule has 13 heteroatoms. The van der Waals surface area contributed by atoms with E-state index in [1.54, 1.807) is 36.3 Å². The highest BCUT2D eigenvalue weighted by Gasteiger charge is 2.28. The first-order valence-corrected chi connectivity index (χ1v) is 12.6. The third kappa shape index (κ3) is 7.51. The molecule has 34 heavy (non-hydrogen) atoms. The van der Waals surface area contributed by atoms with Gasteiger partial charge >= 0.3 is 6.03 Å². The zero-order valence-electron chi connectivity index (χ0n) is 18.7. The summed E-state index contributed by atoms with van der Waals surface area (Å²) >= 11 is 19.4. The molecular weight excluding hydrogens is 523 g/mol. The molecule has 0 saturated carbocycles. The number of carbonyl (C=O) groups excluding carboxylic acids is 2. The molecule has 1 atom stereocenters. The Morgan fingerprint density at radius 3 is 2.68 bits per heavy atom. The van der Waals surface area contributed by atoms with Gasteiger partial charge in [0, 0.05) is 51.1 Å². The van der Waals surface area contributed by atoms with Crippen molar-refractivity contribution in [1.82, 2.24) is 20.2 Å². The number of carbonyl (C=O) groups is 2. The number of anilines is 2. The molecule has 0 bridgehead atoms. The number of aromatic nitrogens is 2. The topological polar surface area (TPSA) is 99.7 Å². The number of nitrogens with one attached hydrogen (secondary N) is 2. The molecule has 2 N–H and O–H groups in total. The summed E-state index contributed by atoms with van der Waals surface area (Å²) in [6, 6.07) is 6.33. The number of piperazine rings is 1. The summed E-state index contributed by atoms with van der Waals surface area (Å²) in [4.78, 5) is 37.3. The predicted molar refractivity (Wildman–Crippen MR) is 137 cm³/mol. The van der Waals surface area contributed by atoms with Crippen LogP contribution in [0.15, 0.2) is 29.4 Å². The smallest absolute Gasteiger partial charge is 0.322 e. The fraction of sp³-hybridized carbons (Fsp3) is 0.429. The molecule has 0 aliphatic carbocycles. The lowest BCUT2D eigenvalue weighted by atomic mass is 10.2. The van der Waals surface area contributed by atoms with Crippen molar-refractivity contribution in [2.45, 2.75) is 18.1 Å². The molecule has 0 spiro atoms. The van der Waals surface area contributed by atoms with Crippen LogP contribution in [-0.2, 0) is 9.53 Å². The predicted octanol–water partition coefficient (Wildman–Crippen LogP) is 4.03. The number of hydrogen-bond donors (Lipinski definition) is 2. The van der Waals surface area contributed by atoms with Gasteiger partial charge in [0.05, 0.1) is 22.4 Å². The summed E-state index contributed by atoms with van der Waals surface area (Å²) in [6.45, 7) is 4.46. The molecule has 9 nitrogen and oxygen atoms in total. The van der Waals surface area contributed by atoms with E-state index in [1.807, 2.05) is 11.8 Å². The van der Waals surface area contributed by atoms with Gasteiger partial charge in [-0.25, -0.2) is 14.8 Å². The van der Waals surface area contributed by atoms with Crippen molar-refractivity contribution in [2.75, 3.05) is 55.9 Å². The Labute approximate surface area is 217 Å². The summed E-state index contributed by atoms with van der Waals surface area (Å²) in [5.74, 6) is 0.684. The zero-order valence-corrected chi connectivity index (χ0v) is 21.8. The van der Waals surface area contributed by atoms with E-state index in [2.05, 4.69) is 20.6 Å². The van der Waals surface area contributed by atoms with Crippen molar-refractivity contribution in [3.63, 3.8) is 0 Å². The Kier molecular flexibility index (Phi) is 9.90. The van der Waals surface area contributed by atoms with Gasteiger partial charge in [-0.15, -0.1) is 0 Å². The fourth-order valence-corrected chi connectivity index (χ4v) is 4.53. The highest BCUT2D eigenvalue weighted by molar-refractivity contribution is 7.99. The van der Waals surface area contributed by atoms with E-state index >= 15 is 0 Å². The van der Waals surface area contributed by atoms with Crippen LogP contribution >= 0.6 is 46.6 Å². The first-order chi connectivity index (χ1) is 16.3. The second-order valence-electron chi connectivity index (χ2n) is 7.51. The third-order valence-electron chi connectivity index (χ3n) is 5.00. The molecular formula is C21H25Cl3N6O3S. The number of rotatable bonds is 8. The van der Waals surface area contributed by atoms with Crippen molar-refractivity contribution in [3.8, 4) is 0 Å². The molecule has 3 rings (SSSR count). The van der Waals surface area contributed by atoms with Gasteiger partial charge in [0.25, 0.3) is 0 Å².